The van der Waals surface area contributed by atoms with Crippen LogP contribution in [0.3, 0.4) is 0 Å². The first-order chi connectivity index (χ1) is 12.2. The molecule has 1 atom stereocenters. The molecule has 1 amide bonds. The van der Waals surface area contributed by atoms with Crippen molar-refractivity contribution >= 4 is 22.9 Å². The van der Waals surface area contributed by atoms with Crippen molar-refractivity contribution in [1.82, 2.24) is 14.4 Å². The smallest absolute Gasteiger partial charge is 0.246 e. The lowest BCUT2D eigenvalue weighted by atomic mass is 10.1. The van der Waals surface area contributed by atoms with Crippen LogP contribution in [0.4, 0.5) is 0 Å². The van der Waals surface area contributed by atoms with Gasteiger partial charge in [0.25, 0.3) is 0 Å². The molecule has 2 aliphatic rings. The van der Waals surface area contributed by atoms with E-state index in [1.807, 2.05) is 31.5 Å². The van der Waals surface area contributed by atoms with Crippen molar-refractivity contribution in [3.8, 4) is 6.07 Å². The first kappa shape index (κ1) is 15.9. The summed E-state index contributed by atoms with van der Waals surface area (Å²) in [6, 6.07) is 10.9. The second kappa shape index (κ2) is 6.38. The molecule has 0 spiro atoms. The molecule has 2 fully saturated rings. The highest BCUT2D eigenvalue weighted by molar-refractivity contribution is 5.96. The average Bonchev–Trinajstić information content (AvgIpc) is 3.44. The number of fused-ring (bicyclic) bond motifs is 1. The number of amides is 1. The summed E-state index contributed by atoms with van der Waals surface area (Å²) in [5.74, 6) is -0.0105. The Morgan fingerprint density at radius 1 is 1.28 bits per heavy atom. The fourth-order valence-electron chi connectivity index (χ4n) is 3.73. The van der Waals surface area contributed by atoms with E-state index in [1.165, 1.54) is 12.8 Å². The molecule has 2 aromatic rings. The van der Waals surface area contributed by atoms with Gasteiger partial charge in [0, 0.05) is 61.5 Å². The normalized spacial score (nSPS) is 21.8. The Kier molecular flexibility index (Phi) is 4.06. The van der Waals surface area contributed by atoms with E-state index in [0.717, 1.165) is 23.0 Å². The van der Waals surface area contributed by atoms with Crippen LogP contribution < -0.4 is 0 Å². The van der Waals surface area contributed by atoms with Crippen molar-refractivity contribution in [2.75, 3.05) is 19.6 Å². The zero-order chi connectivity index (χ0) is 17.4. The molecular weight excluding hydrogens is 312 g/mol. The Morgan fingerprint density at radius 3 is 2.84 bits per heavy atom. The van der Waals surface area contributed by atoms with Crippen LogP contribution in [-0.4, -0.2) is 52.0 Å². The fourth-order valence-corrected chi connectivity index (χ4v) is 3.73. The van der Waals surface area contributed by atoms with Crippen LogP contribution in [0.5, 0.6) is 0 Å². The van der Waals surface area contributed by atoms with Gasteiger partial charge in [-0.05, 0) is 25.0 Å². The van der Waals surface area contributed by atoms with E-state index >= 15 is 0 Å². The molecule has 25 heavy (non-hydrogen) atoms. The second-order valence-electron chi connectivity index (χ2n) is 6.94. The molecule has 5 nitrogen and oxygen atoms in total. The molecule has 1 aliphatic heterocycles. The van der Waals surface area contributed by atoms with Gasteiger partial charge in [0.1, 0.15) is 6.04 Å². The SMILES string of the molecule is Cn1cc(/C=C/C(=O)N2CCN(C3CC3)C(C#N)C2)c2ccccc21. The maximum atomic E-state index is 12.6. The molecule has 1 aliphatic carbocycles. The Balaban J connectivity index is 1.48. The van der Waals surface area contributed by atoms with Gasteiger partial charge < -0.3 is 9.47 Å². The minimum Gasteiger partial charge on any atom is -0.350 e. The highest BCUT2D eigenvalue weighted by Gasteiger charge is 2.38. The summed E-state index contributed by atoms with van der Waals surface area (Å²) in [7, 11) is 2.01. The van der Waals surface area contributed by atoms with Gasteiger partial charge in [-0.25, -0.2) is 0 Å². The number of rotatable bonds is 3. The highest BCUT2D eigenvalue weighted by Crippen LogP contribution is 2.30. The molecular formula is C20H22N4O. The summed E-state index contributed by atoms with van der Waals surface area (Å²) < 4.78 is 2.07. The average molecular weight is 334 g/mol. The zero-order valence-electron chi connectivity index (χ0n) is 14.4. The minimum absolute atomic E-state index is 0.0105. The number of piperazine rings is 1. The van der Waals surface area contributed by atoms with E-state index in [0.29, 0.717) is 19.1 Å². The number of hydrogen-bond donors (Lipinski definition) is 0. The number of aromatic nitrogens is 1. The quantitative estimate of drug-likeness (QED) is 0.810. The Bertz CT molecular complexity index is 871. The summed E-state index contributed by atoms with van der Waals surface area (Å²) >= 11 is 0. The van der Waals surface area contributed by atoms with Gasteiger partial charge in [-0.2, -0.15) is 5.26 Å². The zero-order valence-corrected chi connectivity index (χ0v) is 14.4. The van der Waals surface area contributed by atoms with Gasteiger partial charge in [-0.1, -0.05) is 18.2 Å². The van der Waals surface area contributed by atoms with E-state index in [9.17, 15) is 10.1 Å². The van der Waals surface area contributed by atoms with Crippen molar-refractivity contribution in [2.24, 2.45) is 7.05 Å². The summed E-state index contributed by atoms with van der Waals surface area (Å²) in [5.41, 5.74) is 2.19. The maximum Gasteiger partial charge on any atom is 0.246 e. The van der Waals surface area contributed by atoms with E-state index in [-0.39, 0.29) is 11.9 Å². The second-order valence-corrected chi connectivity index (χ2v) is 6.94. The van der Waals surface area contributed by atoms with Gasteiger partial charge in [-0.15, -0.1) is 0 Å². The molecule has 128 valence electrons. The van der Waals surface area contributed by atoms with Crippen LogP contribution in [0.25, 0.3) is 17.0 Å². The number of benzene rings is 1. The first-order valence-electron chi connectivity index (χ1n) is 8.84. The summed E-state index contributed by atoms with van der Waals surface area (Å²) in [5, 5.41) is 10.6. The minimum atomic E-state index is -0.170. The maximum absolute atomic E-state index is 12.6. The molecule has 0 radical (unpaired) electrons. The lowest BCUT2D eigenvalue weighted by Crippen LogP contribution is -2.54. The van der Waals surface area contributed by atoms with Gasteiger partial charge in [0.05, 0.1) is 6.07 Å². The molecule has 2 heterocycles. The van der Waals surface area contributed by atoms with Gasteiger partial charge in [0.2, 0.25) is 5.91 Å². The van der Waals surface area contributed by atoms with Gasteiger partial charge in [0.15, 0.2) is 0 Å². The summed E-state index contributed by atoms with van der Waals surface area (Å²) in [4.78, 5) is 16.6. The molecule has 0 N–H and O–H groups in total. The van der Waals surface area contributed by atoms with Crippen molar-refractivity contribution in [1.29, 1.82) is 5.26 Å². The fraction of sp³-hybridized carbons (Fsp3) is 0.400. The summed E-state index contributed by atoms with van der Waals surface area (Å²) in [6.45, 7) is 2.01. The largest absolute Gasteiger partial charge is 0.350 e. The van der Waals surface area contributed by atoms with Gasteiger partial charge in [-0.3, -0.25) is 9.69 Å². The monoisotopic (exact) mass is 334 g/mol. The molecule has 1 unspecified atom stereocenters. The van der Waals surface area contributed by atoms with E-state index in [4.69, 9.17) is 0 Å². The predicted octanol–water partition coefficient (Wildman–Crippen LogP) is 2.39. The molecule has 0 bridgehead atoms. The predicted molar refractivity (Wildman–Crippen MR) is 97.7 cm³/mol. The molecule has 1 aromatic heterocycles. The number of nitriles is 1. The van der Waals surface area contributed by atoms with Gasteiger partial charge >= 0.3 is 0 Å². The Morgan fingerprint density at radius 2 is 2.08 bits per heavy atom. The Hall–Kier alpha value is -2.58. The van der Waals surface area contributed by atoms with Crippen LogP contribution in [-0.2, 0) is 11.8 Å². The topological polar surface area (TPSA) is 52.3 Å². The number of hydrogen-bond acceptors (Lipinski definition) is 3. The number of aryl methyl sites for hydroxylation is 1. The number of carbonyl (C=O) groups excluding carboxylic acids is 1. The number of para-hydroxylation sites is 1. The molecule has 1 saturated carbocycles. The van der Waals surface area contributed by atoms with Crippen LogP contribution in [0.15, 0.2) is 36.5 Å². The lowest BCUT2D eigenvalue weighted by Gasteiger charge is -2.38. The van der Waals surface area contributed by atoms with Crippen LogP contribution >= 0.6 is 0 Å². The van der Waals surface area contributed by atoms with E-state index in [1.54, 1.807) is 11.0 Å². The molecule has 1 saturated heterocycles. The molecule has 1 aromatic carbocycles. The van der Waals surface area contributed by atoms with Crippen LogP contribution in [0, 0.1) is 11.3 Å². The third-order valence-corrected chi connectivity index (χ3v) is 5.23. The van der Waals surface area contributed by atoms with Crippen LogP contribution in [0.1, 0.15) is 18.4 Å². The number of nitrogens with zero attached hydrogens (tertiary/aromatic N) is 4. The van der Waals surface area contributed by atoms with Crippen molar-refractivity contribution < 1.29 is 4.79 Å². The first-order valence-corrected chi connectivity index (χ1v) is 8.84. The summed E-state index contributed by atoms with van der Waals surface area (Å²) in [6.07, 6.45) is 7.94. The lowest BCUT2D eigenvalue weighted by molar-refractivity contribution is -0.128. The molecule has 4 rings (SSSR count). The third-order valence-electron chi connectivity index (χ3n) is 5.23. The molecule has 5 heteroatoms. The van der Waals surface area contributed by atoms with Crippen molar-refractivity contribution in [3.05, 3.63) is 42.1 Å². The van der Waals surface area contributed by atoms with E-state index < -0.39 is 0 Å². The van der Waals surface area contributed by atoms with E-state index in [2.05, 4.69) is 27.7 Å². The highest BCUT2D eigenvalue weighted by atomic mass is 16.2. The third kappa shape index (κ3) is 3.06. The standard InChI is InChI=1S/C20H22N4O/c1-22-13-15(18-4-2-3-5-19(18)22)6-9-20(25)23-10-11-24(16-7-8-16)17(12-21)14-23/h2-6,9,13,16-17H,7-8,10-11,14H2,1H3/b9-6+. The van der Waals surface area contributed by atoms with Crippen LogP contribution in [0.2, 0.25) is 0 Å². The Labute approximate surface area is 147 Å². The van der Waals surface area contributed by atoms with Crippen molar-refractivity contribution in [3.63, 3.8) is 0 Å². The number of carbonyl (C=O) groups is 1. The van der Waals surface area contributed by atoms with Crippen molar-refractivity contribution in [2.45, 2.75) is 24.9 Å².